The van der Waals surface area contributed by atoms with E-state index in [1.54, 1.807) is 0 Å². The lowest BCUT2D eigenvalue weighted by molar-refractivity contribution is 0.391. The van der Waals surface area contributed by atoms with E-state index in [4.69, 9.17) is 16.0 Å². The number of rotatable bonds is 2. The first kappa shape index (κ1) is 9.57. The summed E-state index contributed by atoms with van der Waals surface area (Å²) in [5, 5.41) is 3.82. The Hall–Kier alpha value is -1.52. The van der Waals surface area contributed by atoms with Gasteiger partial charge in [-0.3, -0.25) is 0 Å². The van der Waals surface area contributed by atoms with Crippen molar-refractivity contribution in [3.63, 3.8) is 0 Å². The van der Waals surface area contributed by atoms with Crippen LogP contribution in [0.4, 0.5) is 0 Å². The summed E-state index contributed by atoms with van der Waals surface area (Å²) in [6.07, 6.45) is 0. The van der Waals surface area contributed by atoms with E-state index in [2.05, 4.69) is 10.1 Å². The summed E-state index contributed by atoms with van der Waals surface area (Å²) in [6, 6.07) is -0.101. The van der Waals surface area contributed by atoms with Crippen LogP contribution in [0.1, 0.15) is 30.0 Å². The molecule has 0 bridgehead atoms. The van der Waals surface area contributed by atoms with Crippen LogP contribution in [0, 0.1) is 13.8 Å². The van der Waals surface area contributed by atoms with Crippen molar-refractivity contribution in [2.45, 2.75) is 26.8 Å². The van der Waals surface area contributed by atoms with E-state index >= 15 is 0 Å². The molecule has 0 aliphatic carbocycles. The lowest BCUT2D eigenvalue weighted by Gasteiger charge is -2.05. The molecule has 72 valence electrons. The van der Waals surface area contributed by atoms with Crippen LogP contribution >= 0.6 is 0 Å². The van der Waals surface area contributed by atoms with Gasteiger partial charge in [0.15, 0.2) is 5.96 Å². The standard InChI is InChI=1S/C8H14N4O/c1-4(11-8(9)10)7-5(2)12-13-6(7)3/h4H,1-3H3,(H4,9,10,11). The summed E-state index contributed by atoms with van der Waals surface area (Å²) in [6.45, 7) is 5.60. The largest absolute Gasteiger partial charge is 0.370 e. The molecule has 0 aromatic carbocycles. The fraction of sp³-hybridized carbons (Fsp3) is 0.500. The molecule has 13 heavy (non-hydrogen) atoms. The molecule has 1 atom stereocenters. The summed E-state index contributed by atoms with van der Waals surface area (Å²) in [5.41, 5.74) is 12.3. The Labute approximate surface area is 76.8 Å². The van der Waals surface area contributed by atoms with Crippen LogP contribution in [-0.4, -0.2) is 11.1 Å². The number of nitrogens with two attached hydrogens (primary N) is 2. The zero-order valence-electron chi connectivity index (χ0n) is 8.03. The average Bonchev–Trinajstić information content (AvgIpc) is 2.29. The van der Waals surface area contributed by atoms with Crippen molar-refractivity contribution in [3.05, 3.63) is 17.0 Å². The highest BCUT2D eigenvalue weighted by molar-refractivity contribution is 5.76. The highest BCUT2D eigenvalue weighted by Crippen LogP contribution is 2.23. The molecule has 1 aromatic rings. The van der Waals surface area contributed by atoms with Gasteiger partial charge in [0.2, 0.25) is 0 Å². The van der Waals surface area contributed by atoms with Gasteiger partial charge in [-0.15, -0.1) is 0 Å². The molecule has 0 amide bonds. The minimum atomic E-state index is -0.101. The number of hydrogen-bond donors (Lipinski definition) is 2. The Morgan fingerprint density at radius 3 is 2.46 bits per heavy atom. The fourth-order valence-electron chi connectivity index (χ4n) is 1.37. The Balaban J connectivity index is 3.00. The van der Waals surface area contributed by atoms with Crippen LogP contribution in [0.15, 0.2) is 9.52 Å². The van der Waals surface area contributed by atoms with Crippen LogP contribution in [0.25, 0.3) is 0 Å². The van der Waals surface area contributed by atoms with E-state index in [0.29, 0.717) is 0 Å². The fourth-order valence-corrected chi connectivity index (χ4v) is 1.37. The molecule has 0 saturated heterocycles. The third kappa shape index (κ3) is 1.99. The molecular weight excluding hydrogens is 168 g/mol. The van der Waals surface area contributed by atoms with Crippen LogP contribution in [-0.2, 0) is 0 Å². The molecule has 5 nitrogen and oxygen atoms in total. The van der Waals surface area contributed by atoms with E-state index in [-0.39, 0.29) is 12.0 Å². The predicted molar refractivity (Wildman–Crippen MR) is 50.2 cm³/mol. The summed E-state index contributed by atoms with van der Waals surface area (Å²) < 4.78 is 5.00. The van der Waals surface area contributed by atoms with E-state index < -0.39 is 0 Å². The Kier molecular flexibility index (Phi) is 2.55. The third-order valence-electron chi connectivity index (χ3n) is 1.85. The molecule has 0 aliphatic rings. The smallest absolute Gasteiger partial charge is 0.186 e. The second kappa shape index (κ2) is 3.47. The maximum atomic E-state index is 5.28. The van der Waals surface area contributed by atoms with Crippen LogP contribution in [0.3, 0.4) is 0 Å². The lowest BCUT2D eigenvalue weighted by Crippen LogP contribution is -2.23. The second-order valence-electron chi connectivity index (χ2n) is 2.97. The van der Waals surface area contributed by atoms with Crippen molar-refractivity contribution in [1.29, 1.82) is 0 Å². The summed E-state index contributed by atoms with van der Waals surface area (Å²) >= 11 is 0. The summed E-state index contributed by atoms with van der Waals surface area (Å²) in [4.78, 5) is 4.01. The normalized spacial score (nSPS) is 12.5. The van der Waals surface area contributed by atoms with Gasteiger partial charge in [-0.25, -0.2) is 4.99 Å². The van der Waals surface area contributed by atoms with Crippen molar-refractivity contribution in [1.82, 2.24) is 5.16 Å². The van der Waals surface area contributed by atoms with E-state index in [9.17, 15) is 0 Å². The van der Waals surface area contributed by atoms with Crippen molar-refractivity contribution in [2.24, 2.45) is 16.5 Å². The van der Waals surface area contributed by atoms with Crippen molar-refractivity contribution in [3.8, 4) is 0 Å². The average molecular weight is 182 g/mol. The lowest BCUT2D eigenvalue weighted by atomic mass is 10.1. The van der Waals surface area contributed by atoms with Gasteiger partial charge < -0.3 is 16.0 Å². The topological polar surface area (TPSA) is 90.4 Å². The van der Waals surface area contributed by atoms with Gasteiger partial charge in [0.1, 0.15) is 5.76 Å². The van der Waals surface area contributed by atoms with Crippen molar-refractivity contribution >= 4 is 5.96 Å². The van der Waals surface area contributed by atoms with Gasteiger partial charge in [-0.2, -0.15) is 0 Å². The number of guanidine groups is 1. The van der Waals surface area contributed by atoms with E-state index in [1.165, 1.54) is 0 Å². The van der Waals surface area contributed by atoms with Crippen LogP contribution < -0.4 is 11.5 Å². The monoisotopic (exact) mass is 182 g/mol. The van der Waals surface area contributed by atoms with Crippen molar-refractivity contribution in [2.75, 3.05) is 0 Å². The molecule has 1 unspecified atom stereocenters. The van der Waals surface area contributed by atoms with E-state index in [1.807, 2.05) is 20.8 Å². The minimum Gasteiger partial charge on any atom is -0.370 e. The van der Waals surface area contributed by atoms with Gasteiger partial charge >= 0.3 is 0 Å². The number of nitrogens with zero attached hydrogens (tertiary/aromatic N) is 2. The quantitative estimate of drug-likeness (QED) is 0.518. The first-order valence-corrected chi connectivity index (χ1v) is 4.04. The van der Waals surface area contributed by atoms with Crippen LogP contribution in [0.5, 0.6) is 0 Å². The Bertz CT molecular complexity index is 305. The van der Waals surface area contributed by atoms with Gasteiger partial charge in [-0.1, -0.05) is 5.16 Å². The zero-order chi connectivity index (χ0) is 10.0. The maximum absolute atomic E-state index is 5.28. The zero-order valence-corrected chi connectivity index (χ0v) is 8.03. The molecule has 0 fully saturated rings. The minimum absolute atomic E-state index is 0.0764. The molecular formula is C8H14N4O. The van der Waals surface area contributed by atoms with Gasteiger partial charge in [0.05, 0.1) is 11.7 Å². The first-order chi connectivity index (χ1) is 6.02. The molecule has 0 spiro atoms. The third-order valence-corrected chi connectivity index (χ3v) is 1.85. The predicted octanol–water partition coefficient (Wildman–Crippen LogP) is 0.626. The Morgan fingerprint density at radius 1 is 1.46 bits per heavy atom. The first-order valence-electron chi connectivity index (χ1n) is 4.04. The van der Waals surface area contributed by atoms with Gasteiger partial charge in [-0.05, 0) is 20.8 Å². The molecule has 5 heteroatoms. The number of hydrogen-bond acceptors (Lipinski definition) is 3. The second-order valence-corrected chi connectivity index (χ2v) is 2.97. The highest BCUT2D eigenvalue weighted by atomic mass is 16.5. The van der Waals surface area contributed by atoms with Crippen LogP contribution in [0.2, 0.25) is 0 Å². The SMILES string of the molecule is Cc1noc(C)c1C(C)N=C(N)N. The molecule has 0 saturated carbocycles. The number of aryl methyl sites for hydroxylation is 2. The molecule has 1 heterocycles. The number of aliphatic imine (C=N–C) groups is 1. The van der Waals surface area contributed by atoms with Gasteiger partial charge in [0, 0.05) is 5.56 Å². The van der Waals surface area contributed by atoms with Crippen molar-refractivity contribution < 1.29 is 4.52 Å². The molecule has 0 radical (unpaired) electrons. The summed E-state index contributed by atoms with van der Waals surface area (Å²) in [7, 11) is 0. The Morgan fingerprint density at radius 2 is 2.08 bits per heavy atom. The van der Waals surface area contributed by atoms with Gasteiger partial charge in [0.25, 0.3) is 0 Å². The highest BCUT2D eigenvalue weighted by Gasteiger charge is 2.15. The molecule has 1 aromatic heterocycles. The maximum Gasteiger partial charge on any atom is 0.186 e. The van der Waals surface area contributed by atoms with E-state index in [0.717, 1.165) is 17.0 Å². The molecule has 1 rings (SSSR count). The summed E-state index contributed by atoms with van der Waals surface area (Å²) in [5.74, 6) is 0.836. The molecule has 4 N–H and O–H groups in total. The number of aromatic nitrogens is 1. The molecule has 0 aliphatic heterocycles.